The molecule has 0 amide bonds. The van der Waals surface area contributed by atoms with Crippen LogP contribution in [0.3, 0.4) is 0 Å². The lowest BCUT2D eigenvalue weighted by Crippen LogP contribution is -2.11. The number of ether oxygens (including phenoxy) is 1. The van der Waals surface area contributed by atoms with Gasteiger partial charge in [0.05, 0.1) is 0 Å². The van der Waals surface area contributed by atoms with Gasteiger partial charge in [-0.3, -0.25) is 0 Å². The van der Waals surface area contributed by atoms with E-state index in [1.807, 2.05) is 24.3 Å². The number of benzene rings is 2. The average Bonchev–Trinajstić information content (AvgIpc) is 2.62. The molecule has 0 atom stereocenters. The summed E-state index contributed by atoms with van der Waals surface area (Å²) in [7, 11) is 0. The van der Waals surface area contributed by atoms with E-state index in [1.165, 1.54) is 0 Å². The molecule has 0 aliphatic rings. The summed E-state index contributed by atoms with van der Waals surface area (Å²) in [6, 6.07) is 15.7. The first-order valence-electron chi connectivity index (χ1n) is 8.37. The molecule has 0 spiro atoms. The van der Waals surface area contributed by atoms with E-state index < -0.39 is 17.6 Å². The fourth-order valence-corrected chi connectivity index (χ4v) is 2.38. The third kappa shape index (κ3) is 4.75. The summed E-state index contributed by atoms with van der Waals surface area (Å²) in [4.78, 5) is 7.70. The minimum absolute atomic E-state index is 0.0197. The van der Waals surface area contributed by atoms with E-state index in [-0.39, 0.29) is 11.7 Å². The average molecular weight is 373 g/mol. The fraction of sp³-hybridized carbons (Fsp3) is 0.200. The number of rotatable bonds is 5. The molecular weight excluding hydrogens is 355 g/mol. The van der Waals surface area contributed by atoms with Gasteiger partial charge in [-0.25, -0.2) is 4.98 Å². The van der Waals surface area contributed by atoms with Crippen LogP contribution in [-0.2, 0) is 6.18 Å². The van der Waals surface area contributed by atoms with Crippen LogP contribution in [-0.4, -0.2) is 9.97 Å². The van der Waals surface area contributed by atoms with Crippen LogP contribution in [0.4, 0.5) is 24.8 Å². The molecule has 0 unspecified atom stereocenters. The van der Waals surface area contributed by atoms with Crippen molar-refractivity contribution in [3.05, 3.63) is 71.9 Å². The second kappa shape index (κ2) is 7.65. The number of aromatic nitrogens is 2. The van der Waals surface area contributed by atoms with Crippen LogP contribution in [0.25, 0.3) is 0 Å². The topological polar surface area (TPSA) is 47.0 Å². The van der Waals surface area contributed by atoms with Gasteiger partial charge in [-0.2, -0.15) is 18.2 Å². The zero-order valence-electron chi connectivity index (χ0n) is 14.8. The van der Waals surface area contributed by atoms with Gasteiger partial charge in [0.15, 0.2) is 0 Å². The monoisotopic (exact) mass is 373 g/mol. The van der Waals surface area contributed by atoms with Crippen molar-refractivity contribution < 1.29 is 17.9 Å². The van der Waals surface area contributed by atoms with Crippen LogP contribution in [0.2, 0.25) is 0 Å². The van der Waals surface area contributed by atoms with Gasteiger partial charge in [0.2, 0.25) is 11.8 Å². The van der Waals surface area contributed by atoms with Gasteiger partial charge in [0.25, 0.3) is 0 Å². The summed E-state index contributed by atoms with van der Waals surface area (Å²) in [6.45, 7) is 4.16. The molecule has 0 fully saturated rings. The third-order valence-corrected chi connectivity index (χ3v) is 3.85. The van der Waals surface area contributed by atoms with E-state index in [0.717, 1.165) is 11.8 Å². The maximum Gasteiger partial charge on any atom is 0.423 e. The van der Waals surface area contributed by atoms with Crippen LogP contribution in [0, 0.1) is 0 Å². The van der Waals surface area contributed by atoms with Crippen LogP contribution in [0.5, 0.6) is 11.6 Å². The van der Waals surface area contributed by atoms with Crippen molar-refractivity contribution >= 4 is 11.6 Å². The molecule has 2 aromatic carbocycles. The van der Waals surface area contributed by atoms with Gasteiger partial charge in [-0.05, 0) is 35.7 Å². The van der Waals surface area contributed by atoms with Crippen molar-refractivity contribution in [2.45, 2.75) is 25.9 Å². The summed E-state index contributed by atoms with van der Waals surface area (Å²) >= 11 is 0. The molecule has 3 aromatic rings. The quantitative estimate of drug-likeness (QED) is 0.582. The van der Waals surface area contributed by atoms with E-state index >= 15 is 0 Å². The van der Waals surface area contributed by atoms with Crippen molar-refractivity contribution in [1.82, 2.24) is 9.97 Å². The summed E-state index contributed by atoms with van der Waals surface area (Å²) in [6.07, 6.45) is -3.91. The van der Waals surface area contributed by atoms with Gasteiger partial charge in [-0.15, -0.1) is 0 Å². The summed E-state index contributed by atoms with van der Waals surface area (Å²) in [5, 5.41) is 2.91. The fourth-order valence-electron chi connectivity index (χ4n) is 2.38. The van der Waals surface area contributed by atoms with Crippen LogP contribution < -0.4 is 10.1 Å². The standard InChI is InChI=1S/C20H18F3N3O/c1-13(2)14-8-10-15(11-9-14)25-19-24-12-17(20(21,22)23)18(26-19)27-16-6-4-3-5-7-16/h3-13H,1-2H3,(H,24,25,26). The molecular formula is C20H18F3N3O. The molecule has 1 heterocycles. The largest absolute Gasteiger partial charge is 0.438 e. The Morgan fingerprint density at radius 1 is 0.963 bits per heavy atom. The lowest BCUT2D eigenvalue weighted by atomic mass is 10.0. The lowest BCUT2D eigenvalue weighted by Gasteiger charge is -2.14. The normalized spacial score (nSPS) is 11.5. The Hall–Kier alpha value is -3.09. The minimum Gasteiger partial charge on any atom is -0.438 e. The Morgan fingerprint density at radius 3 is 2.22 bits per heavy atom. The van der Waals surface area contributed by atoms with Crippen molar-refractivity contribution in [1.29, 1.82) is 0 Å². The Kier molecular flexibility index (Phi) is 5.30. The highest BCUT2D eigenvalue weighted by Crippen LogP contribution is 2.37. The SMILES string of the molecule is CC(C)c1ccc(Nc2ncc(C(F)(F)F)c(Oc3ccccc3)n2)cc1. The van der Waals surface area contributed by atoms with Crippen LogP contribution in [0.1, 0.15) is 30.9 Å². The van der Waals surface area contributed by atoms with E-state index in [9.17, 15) is 13.2 Å². The van der Waals surface area contributed by atoms with E-state index in [2.05, 4.69) is 29.1 Å². The van der Waals surface area contributed by atoms with Gasteiger partial charge in [0.1, 0.15) is 11.3 Å². The van der Waals surface area contributed by atoms with Gasteiger partial charge < -0.3 is 10.1 Å². The molecule has 0 saturated heterocycles. The number of alkyl halides is 3. The molecule has 0 saturated carbocycles. The van der Waals surface area contributed by atoms with Crippen molar-refractivity contribution in [3.8, 4) is 11.6 Å². The number of halogens is 3. The molecule has 3 rings (SSSR count). The molecule has 0 aliphatic heterocycles. The predicted octanol–water partition coefficient (Wildman–Crippen LogP) is 6.15. The first-order chi connectivity index (χ1) is 12.8. The minimum atomic E-state index is -4.62. The number of nitrogens with zero attached hydrogens (tertiary/aromatic N) is 2. The summed E-state index contributed by atoms with van der Waals surface area (Å²) < 4.78 is 45.1. The Morgan fingerprint density at radius 2 is 1.63 bits per heavy atom. The second-order valence-electron chi connectivity index (χ2n) is 6.23. The highest BCUT2D eigenvalue weighted by molar-refractivity contribution is 5.54. The third-order valence-electron chi connectivity index (χ3n) is 3.85. The van der Waals surface area contributed by atoms with Crippen LogP contribution >= 0.6 is 0 Å². The molecule has 27 heavy (non-hydrogen) atoms. The smallest absolute Gasteiger partial charge is 0.423 e. The maximum atomic E-state index is 13.2. The number of anilines is 2. The van der Waals surface area contributed by atoms with Gasteiger partial charge in [0, 0.05) is 11.9 Å². The Balaban J connectivity index is 1.89. The highest BCUT2D eigenvalue weighted by atomic mass is 19.4. The van der Waals surface area contributed by atoms with E-state index in [1.54, 1.807) is 30.3 Å². The first kappa shape index (κ1) is 18.7. The second-order valence-corrected chi connectivity index (χ2v) is 6.23. The number of hydrogen-bond acceptors (Lipinski definition) is 4. The van der Waals surface area contributed by atoms with Crippen molar-refractivity contribution in [2.75, 3.05) is 5.32 Å². The zero-order chi connectivity index (χ0) is 19.4. The lowest BCUT2D eigenvalue weighted by molar-refractivity contribution is -0.139. The Bertz CT molecular complexity index is 895. The molecule has 4 nitrogen and oxygen atoms in total. The first-order valence-corrected chi connectivity index (χ1v) is 8.37. The van der Waals surface area contributed by atoms with Gasteiger partial charge >= 0.3 is 6.18 Å². The van der Waals surface area contributed by atoms with Crippen molar-refractivity contribution in [3.63, 3.8) is 0 Å². The molecule has 140 valence electrons. The van der Waals surface area contributed by atoms with E-state index in [0.29, 0.717) is 11.6 Å². The predicted molar refractivity (Wildman–Crippen MR) is 97.4 cm³/mol. The molecule has 0 bridgehead atoms. The number of hydrogen-bond donors (Lipinski definition) is 1. The zero-order valence-corrected chi connectivity index (χ0v) is 14.8. The molecule has 1 aromatic heterocycles. The summed E-state index contributed by atoms with van der Waals surface area (Å²) in [5.74, 6) is 0.109. The van der Waals surface area contributed by atoms with E-state index in [4.69, 9.17) is 4.74 Å². The number of para-hydroxylation sites is 1. The summed E-state index contributed by atoms with van der Waals surface area (Å²) in [5.41, 5.74) is 0.791. The maximum absolute atomic E-state index is 13.2. The molecule has 1 N–H and O–H groups in total. The van der Waals surface area contributed by atoms with Gasteiger partial charge in [-0.1, -0.05) is 44.2 Å². The highest BCUT2D eigenvalue weighted by Gasteiger charge is 2.36. The van der Waals surface area contributed by atoms with Crippen molar-refractivity contribution in [2.24, 2.45) is 0 Å². The molecule has 7 heteroatoms. The molecule has 0 aliphatic carbocycles. The number of nitrogens with one attached hydrogen (secondary N) is 1. The molecule has 0 radical (unpaired) electrons. The Labute approximate surface area is 155 Å². The van der Waals surface area contributed by atoms with Crippen LogP contribution in [0.15, 0.2) is 60.8 Å².